The molecule has 0 aliphatic heterocycles. The fraction of sp³-hybridized carbons (Fsp3) is 1.00. The monoisotopic (exact) mass is 307 g/mol. The van der Waals surface area contributed by atoms with Gasteiger partial charge in [-0.25, -0.2) is 0 Å². The summed E-state index contributed by atoms with van der Waals surface area (Å²) in [5.74, 6) is 0.0739. The molecule has 5 heteroatoms. The quantitative estimate of drug-likeness (QED) is 0.386. The van der Waals surface area contributed by atoms with E-state index in [9.17, 15) is 8.42 Å². The van der Waals surface area contributed by atoms with Crippen LogP contribution in [0, 0.1) is 0 Å². The van der Waals surface area contributed by atoms with Crippen molar-refractivity contribution in [2.45, 2.75) is 91.0 Å². The molecule has 20 heavy (non-hydrogen) atoms. The molecule has 0 bridgehead atoms. The van der Waals surface area contributed by atoms with Gasteiger partial charge in [-0.05, 0) is 19.8 Å². The highest BCUT2D eigenvalue weighted by Crippen LogP contribution is 2.10. The molecule has 0 heterocycles. The predicted octanol–water partition coefficient (Wildman–Crippen LogP) is 4.17. The normalized spacial score (nSPS) is 13.6. The maximum absolute atomic E-state index is 11.4. The van der Waals surface area contributed by atoms with Crippen LogP contribution in [0.4, 0.5) is 0 Å². The van der Waals surface area contributed by atoms with Gasteiger partial charge in [-0.2, -0.15) is 18.2 Å². The molecule has 0 radical (unpaired) electrons. The maximum Gasteiger partial charge on any atom is 0.283 e. The fourth-order valence-corrected chi connectivity index (χ4v) is 2.98. The first-order valence-corrected chi connectivity index (χ1v) is 9.76. The van der Waals surface area contributed by atoms with Gasteiger partial charge < -0.3 is 0 Å². The molecule has 0 fully saturated rings. The van der Waals surface area contributed by atoms with E-state index in [-0.39, 0.29) is 11.8 Å². The van der Waals surface area contributed by atoms with Crippen molar-refractivity contribution in [2.24, 2.45) is 0 Å². The highest BCUT2D eigenvalue weighted by Gasteiger charge is 2.11. The van der Waals surface area contributed by atoms with Crippen LogP contribution < -0.4 is 5.48 Å². The summed E-state index contributed by atoms with van der Waals surface area (Å²) in [5.41, 5.74) is 2.64. The minimum absolute atomic E-state index is 0.0739. The van der Waals surface area contributed by atoms with E-state index in [1.807, 2.05) is 13.8 Å². The van der Waals surface area contributed by atoms with Gasteiger partial charge in [-0.3, -0.25) is 0 Å². The zero-order chi connectivity index (χ0) is 15.3. The Kier molecular flexibility index (Phi) is 12.5. The summed E-state index contributed by atoms with van der Waals surface area (Å²) in [4.78, 5) is 0. The average Bonchev–Trinajstić information content (AvgIpc) is 2.39. The van der Waals surface area contributed by atoms with E-state index in [1.165, 1.54) is 44.9 Å². The van der Waals surface area contributed by atoms with Crippen molar-refractivity contribution in [3.63, 3.8) is 0 Å². The van der Waals surface area contributed by atoms with Crippen LogP contribution >= 0.6 is 0 Å². The molecule has 0 aromatic heterocycles. The number of rotatable bonds is 14. The minimum Gasteiger partial charge on any atom is -0.198 e. The van der Waals surface area contributed by atoms with Crippen LogP contribution in [0.3, 0.4) is 0 Å². The molecule has 1 unspecified atom stereocenters. The zero-order valence-corrected chi connectivity index (χ0v) is 14.3. The van der Waals surface area contributed by atoms with E-state index in [1.54, 1.807) is 0 Å². The van der Waals surface area contributed by atoms with E-state index < -0.39 is 10.1 Å². The first-order chi connectivity index (χ1) is 9.52. The van der Waals surface area contributed by atoms with Crippen LogP contribution in [0.25, 0.3) is 0 Å². The lowest BCUT2D eigenvalue weighted by atomic mass is 10.1. The Bertz CT molecular complexity index is 304. The number of hydrogen-bond donors (Lipinski definition) is 1. The molecule has 1 atom stereocenters. The second-order valence-electron chi connectivity index (χ2n) is 5.63. The molecule has 0 aliphatic rings. The Morgan fingerprint density at radius 2 is 1.45 bits per heavy atom. The SMILES string of the molecule is CCCCCCCCCCC(C)NOS(=O)(=O)CCC. The summed E-state index contributed by atoms with van der Waals surface area (Å²) >= 11 is 0. The molecular formula is C15H33NO3S. The highest BCUT2D eigenvalue weighted by molar-refractivity contribution is 7.86. The lowest BCUT2D eigenvalue weighted by molar-refractivity contribution is 0.163. The first-order valence-electron chi connectivity index (χ1n) is 8.18. The van der Waals surface area contributed by atoms with Gasteiger partial charge in [-0.15, -0.1) is 0 Å². The first kappa shape index (κ1) is 19.9. The lowest BCUT2D eigenvalue weighted by Gasteiger charge is -2.13. The van der Waals surface area contributed by atoms with Crippen molar-refractivity contribution in [1.29, 1.82) is 0 Å². The number of hydroxylamine groups is 1. The van der Waals surface area contributed by atoms with Crippen LogP contribution in [-0.2, 0) is 14.4 Å². The summed E-state index contributed by atoms with van der Waals surface area (Å²) in [6, 6.07) is 0.0849. The van der Waals surface area contributed by atoms with E-state index in [4.69, 9.17) is 4.28 Å². The van der Waals surface area contributed by atoms with Crippen LogP contribution in [0.15, 0.2) is 0 Å². The summed E-state index contributed by atoms with van der Waals surface area (Å²) in [5, 5.41) is 0. The third kappa shape index (κ3) is 12.9. The van der Waals surface area contributed by atoms with Crippen molar-refractivity contribution in [2.75, 3.05) is 5.75 Å². The average molecular weight is 308 g/mol. The molecule has 122 valence electrons. The van der Waals surface area contributed by atoms with Gasteiger partial charge in [-0.1, -0.05) is 65.2 Å². The van der Waals surface area contributed by atoms with Crippen molar-refractivity contribution in [3.05, 3.63) is 0 Å². The molecule has 0 aromatic rings. The number of hydrogen-bond acceptors (Lipinski definition) is 4. The van der Waals surface area contributed by atoms with E-state index in [2.05, 4.69) is 12.4 Å². The molecule has 0 aliphatic carbocycles. The second kappa shape index (κ2) is 12.6. The van der Waals surface area contributed by atoms with Crippen LogP contribution in [-0.4, -0.2) is 20.2 Å². The topological polar surface area (TPSA) is 55.4 Å². The molecular weight excluding hydrogens is 274 g/mol. The van der Waals surface area contributed by atoms with Gasteiger partial charge in [0, 0.05) is 6.04 Å². The van der Waals surface area contributed by atoms with Gasteiger partial charge >= 0.3 is 0 Å². The molecule has 0 aromatic carbocycles. The molecule has 4 nitrogen and oxygen atoms in total. The molecule has 0 saturated heterocycles. The van der Waals surface area contributed by atoms with Gasteiger partial charge in [0.1, 0.15) is 0 Å². The van der Waals surface area contributed by atoms with Gasteiger partial charge in [0.15, 0.2) is 0 Å². The van der Waals surface area contributed by atoms with Crippen molar-refractivity contribution >= 4 is 10.1 Å². The largest absolute Gasteiger partial charge is 0.283 e. The maximum atomic E-state index is 11.4. The standard InChI is InChI=1S/C15H33NO3S/c1-4-6-7-8-9-10-11-12-13-15(3)16-19-20(17,18)14-5-2/h15-16H,4-14H2,1-3H3. The van der Waals surface area contributed by atoms with Crippen molar-refractivity contribution < 1.29 is 12.7 Å². The summed E-state index contributed by atoms with van der Waals surface area (Å²) in [6.45, 7) is 6.02. The van der Waals surface area contributed by atoms with Crippen molar-refractivity contribution in [1.82, 2.24) is 5.48 Å². The Morgan fingerprint density at radius 1 is 0.900 bits per heavy atom. The summed E-state index contributed by atoms with van der Waals surface area (Å²) < 4.78 is 27.5. The molecule has 0 spiro atoms. The third-order valence-electron chi connectivity index (χ3n) is 3.32. The van der Waals surface area contributed by atoms with E-state index >= 15 is 0 Å². The van der Waals surface area contributed by atoms with E-state index in [0.717, 1.165) is 12.8 Å². The number of nitrogens with one attached hydrogen (secondary N) is 1. The number of unbranched alkanes of at least 4 members (excludes halogenated alkanes) is 7. The van der Waals surface area contributed by atoms with Crippen LogP contribution in [0.2, 0.25) is 0 Å². The third-order valence-corrected chi connectivity index (χ3v) is 4.58. The Balaban J connectivity index is 3.43. The Morgan fingerprint density at radius 3 is 2.00 bits per heavy atom. The molecule has 0 saturated carbocycles. The summed E-state index contributed by atoms with van der Waals surface area (Å²) in [6.07, 6.45) is 11.8. The van der Waals surface area contributed by atoms with Gasteiger partial charge in [0.05, 0.1) is 5.75 Å². The fourth-order valence-electron chi connectivity index (χ4n) is 2.09. The van der Waals surface area contributed by atoms with E-state index in [0.29, 0.717) is 6.42 Å². The zero-order valence-electron chi connectivity index (χ0n) is 13.5. The smallest absolute Gasteiger partial charge is 0.198 e. The molecule has 0 rings (SSSR count). The molecule has 1 N–H and O–H groups in total. The highest BCUT2D eigenvalue weighted by atomic mass is 32.2. The van der Waals surface area contributed by atoms with Crippen LogP contribution in [0.5, 0.6) is 0 Å². The van der Waals surface area contributed by atoms with Crippen LogP contribution in [0.1, 0.15) is 85.0 Å². The minimum atomic E-state index is -3.39. The van der Waals surface area contributed by atoms with Gasteiger partial charge in [0.2, 0.25) is 0 Å². The lowest BCUT2D eigenvalue weighted by Crippen LogP contribution is -2.30. The van der Waals surface area contributed by atoms with Crippen molar-refractivity contribution in [3.8, 4) is 0 Å². The summed E-state index contributed by atoms with van der Waals surface area (Å²) in [7, 11) is -3.39. The Labute approximate surface area is 125 Å². The second-order valence-corrected chi connectivity index (χ2v) is 7.32. The molecule has 0 amide bonds. The predicted molar refractivity (Wildman–Crippen MR) is 85.0 cm³/mol. The Hall–Kier alpha value is -0.130. The van der Waals surface area contributed by atoms with Gasteiger partial charge in [0.25, 0.3) is 10.1 Å².